The number of carbonyl (C=O) groups is 1. The standard InChI is InChI=1S/C11H13NO2/c1-3-8-6-4-5-7-9(8)11(2,12)10(13)14/h3-7H,1,12H2,2H3,(H,13,14)/t11-/m1/s1. The number of carboxylic acids is 1. The van der Waals surface area contributed by atoms with Gasteiger partial charge in [-0.05, 0) is 18.1 Å². The quantitative estimate of drug-likeness (QED) is 0.762. The van der Waals surface area contributed by atoms with Crippen molar-refractivity contribution >= 4 is 12.0 Å². The van der Waals surface area contributed by atoms with E-state index < -0.39 is 11.5 Å². The van der Waals surface area contributed by atoms with Crippen molar-refractivity contribution in [2.24, 2.45) is 5.73 Å². The zero-order chi connectivity index (χ0) is 10.8. The Morgan fingerprint density at radius 3 is 2.64 bits per heavy atom. The summed E-state index contributed by atoms with van der Waals surface area (Å²) < 4.78 is 0. The molecule has 0 saturated carbocycles. The molecular weight excluding hydrogens is 178 g/mol. The number of carboxylic acid groups (broad SMARTS) is 1. The molecule has 0 fully saturated rings. The average molecular weight is 191 g/mol. The van der Waals surface area contributed by atoms with Gasteiger partial charge < -0.3 is 10.8 Å². The minimum atomic E-state index is -1.37. The first-order valence-corrected chi connectivity index (χ1v) is 4.24. The van der Waals surface area contributed by atoms with Crippen molar-refractivity contribution in [3.8, 4) is 0 Å². The van der Waals surface area contributed by atoms with Crippen LogP contribution in [0.4, 0.5) is 0 Å². The van der Waals surface area contributed by atoms with E-state index in [1.807, 2.05) is 6.07 Å². The zero-order valence-electron chi connectivity index (χ0n) is 8.03. The molecule has 1 rings (SSSR count). The van der Waals surface area contributed by atoms with Crippen LogP contribution < -0.4 is 5.73 Å². The average Bonchev–Trinajstić information content (AvgIpc) is 2.17. The SMILES string of the molecule is C=Cc1ccccc1[C@@](C)(N)C(=O)O. The second-order valence-electron chi connectivity index (χ2n) is 3.30. The highest BCUT2D eigenvalue weighted by Crippen LogP contribution is 2.22. The molecule has 0 heterocycles. The maximum absolute atomic E-state index is 10.9. The van der Waals surface area contributed by atoms with Gasteiger partial charge in [-0.2, -0.15) is 0 Å². The third kappa shape index (κ3) is 1.67. The zero-order valence-corrected chi connectivity index (χ0v) is 8.03. The molecule has 1 aromatic carbocycles. The van der Waals surface area contributed by atoms with Crippen LogP contribution in [0.2, 0.25) is 0 Å². The van der Waals surface area contributed by atoms with Crippen molar-refractivity contribution in [2.45, 2.75) is 12.5 Å². The number of hydrogen-bond acceptors (Lipinski definition) is 2. The maximum atomic E-state index is 10.9. The number of benzene rings is 1. The largest absolute Gasteiger partial charge is 0.480 e. The summed E-state index contributed by atoms with van der Waals surface area (Å²) in [6.07, 6.45) is 1.60. The Kier molecular flexibility index (Phi) is 2.72. The lowest BCUT2D eigenvalue weighted by Gasteiger charge is -2.21. The normalized spacial score (nSPS) is 14.4. The van der Waals surface area contributed by atoms with Crippen LogP contribution in [-0.4, -0.2) is 11.1 Å². The molecule has 0 spiro atoms. The molecule has 0 aliphatic carbocycles. The highest BCUT2D eigenvalue weighted by molar-refractivity contribution is 5.81. The van der Waals surface area contributed by atoms with E-state index in [2.05, 4.69) is 6.58 Å². The van der Waals surface area contributed by atoms with E-state index in [1.54, 1.807) is 24.3 Å². The Hall–Kier alpha value is -1.61. The fraction of sp³-hybridized carbons (Fsp3) is 0.182. The van der Waals surface area contributed by atoms with Gasteiger partial charge in [-0.15, -0.1) is 0 Å². The van der Waals surface area contributed by atoms with E-state index in [0.29, 0.717) is 5.56 Å². The fourth-order valence-corrected chi connectivity index (χ4v) is 1.26. The molecule has 0 radical (unpaired) electrons. The Labute approximate surface area is 82.9 Å². The van der Waals surface area contributed by atoms with Gasteiger partial charge in [0.25, 0.3) is 0 Å². The predicted octanol–water partition coefficient (Wildman–Crippen LogP) is 1.59. The van der Waals surface area contributed by atoms with Gasteiger partial charge in [0.2, 0.25) is 0 Å². The first-order valence-electron chi connectivity index (χ1n) is 4.24. The minimum absolute atomic E-state index is 0.572. The molecule has 0 aliphatic rings. The summed E-state index contributed by atoms with van der Waals surface area (Å²) in [5, 5.41) is 8.96. The van der Waals surface area contributed by atoms with E-state index in [9.17, 15) is 4.79 Å². The molecule has 0 saturated heterocycles. The van der Waals surface area contributed by atoms with Crippen LogP contribution in [0, 0.1) is 0 Å². The molecule has 0 bridgehead atoms. The summed E-state index contributed by atoms with van der Waals surface area (Å²) in [5.41, 5.74) is 5.66. The van der Waals surface area contributed by atoms with Crippen LogP contribution in [0.5, 0.6) is 0 Å². The van der Waals surface area contributed by atoms with Gasteiger partial charge in [0.15, 0.2) is 0 Å². The molecule has 14 heavy (non-hydrogen) atoms. The fourth-order valence-electron chi connectivity index (χ4n) is 1.26. The molecular formula is C11H13NO2. The van der Waals surface area contributed by atoms with Crippen LogP contribution in [0.3, 0.4) is 0 Å². The lowest BCUT2D eigenvalue weighted by molar-refractivity contribution is -0.143. The van der Waals surface area contributed by atoms with Gasteiger partial charge in [-0.3, -0.25) is 0 Å². The van der Waals surface area contributed by atoms with Gasteiger partial charge in [-0.25, -0.2) is 4.79 Å². The van der Waals surface area contributed by atoms with E-state index in [0.717, 1.165) is 5.56 Å². The molecule has 74 valence electrons. The molecule has 0 aromatic heterocycles. The van der Waals surface area contributed by atoms with Crippen LogP contribution in [-0.2, 0) is 10.3 Å². The van der Waals surface area contributed by atoms with Crippen LogP contribution >= 0.6 is 0 Å². The molecule has 0 aliphatic heterocycles. The van der Waals surface area contributed by atoms with Crippen molar-refractivity contribution in [3.63, 3.8) is 0 Å². The van der Waals surface area contributed by atoms with Gasteiger partial charge in [0.1, 0.15) is 5.54 Å². The van der Waals surface area contributed by atoms with Crippen molar-refractivity contribution in [1.29, 1.82) is 0 Å². The second kappa shape index (κ2) is 3.64. The number of nitrogens with two attached hydrogens (primary N) is 1. The lowest BCUT2D eigenvalue weighted by atomic mass is 9.89. The molecule has 3 heteroatoms. The highest BCUT2D eigenvalue weighted by atomic mass is 16.4. The molecule has 0 unspecified atom stereocenters. The number of hydrogen-bond donors (Lipinski definition) is 2. The van der Waals surface area contributed by atoms with Gasteiger partial charge in [0.05, 0.1) is 0 Å². The van der Waals surface area contributed by atoms with E-state index in [1.165, 1.54) is 6.92 Å². The van der Waals surface area contributed by atoms with E-state index in [-0.39, 0.29) is 0 Å². The van der Waals surface area contributed by atoms with E-state index >= 15 is 0 Å². The van der Waals surface area contributed by atoms with Crippen LogP contribution in [0.15, 0.2) is 30.8 Å². The van der Waals surface area contributed by atoms with Crippen molar-refractivity contribution in [1.82, 2.24) is 0 Å². The first kappa shape index (κ1) is 10.5. The minimum Gasteiger partial charge on any atom is -0.480 e. The Morgan fingerprint density at radius 1 is 1.57 bits per heavy atom. The summed E-state index contributed by atoms with van der Waals surface area (Å²) in [5.74, 6) is -1.05. The third-order valence-corrected chi connectivity index (χ3v) is 2.18. The van der Waals surface area contributed by atoms with Gasteiger partial charge in [-0.1, -0.05) is 36.9 Å². The summed E-state index contributed by atoms with van der Waals surface area (Å²) in [6, 6.07) is 7.07. The number of aliphatic carboxylic acids is 1. The summed E-state index contributed by atoms with van der Waals surface area (Å²) in [6.45, 7) is 5.09. The maximum Gasteiger partial charge on any atom is 0.328 e. The summed E-state index contributed by atoms with van der Waals surface area (Å²) in [4.78, 5) is 10.9. The summed E-state index contributed by atoms with van der Waals surface area (Å²) >= 11 is 0. The van der Waals surface area contributed by atoms with Crippen molar-refractivity contribution in [3.05, 3.63) is 42.0 Å². The smallest absolute Gasteiger partial charge is 0.328 e. The van der Waals surface area contributed by atoms with Crippen molar-refractivity contribution < 1.29 is 9.90 Å². The third-order valence-electron chi connectivity index (χ3n) is 2.18. The lowest BCUT2D eigenvalue weighted by Crippen LogP contribution is -2.42. The first-order chi connectivity index (χ1) is 6.50. The molecule has 3 nitrogen and oxygen atoms in total. The highest BCUT2D eigenvalue weighted by Gasteiger charge is 2.31. The number of rotatable bonds is 3. The van der Waals surface area contributed by atoms with Crippen LogP contribution in [0.1, 0.15) is 18.1 Å². The Balaban J connectivity index is 3.31. The second-order valence-corrected chi connectivity index (χ2v) is 3.30. The summed E-state index contributed by atoms with van der Waals surface area (Å²) in [7, 11) is 0. The van der Waals surface area contributed by atoms with E-state index in [4.69, 9.17) is 10.8 Å². The van der Waals surface area contributed by atoms with Gasteiger partial charge in [0, 0.05) is 0 Å². The molecule has 1 aromatic rings. The Bertz CT molecular complexity index is 369. The topological polar surface area (TPSA) is 63.3 Å². The molecule has 1 atom stereocenters. The monoisotopic (exact) mass is 191 g/mol. The molecule has 3 N–H and O–H groups in total. The predicted molar refractivity (Wildman–Crippen MR) is 55.7 cm³/mol. The van der Waals surface area contributed by atoms with Crippen LogP contribution in [0.25, 0.3) is 6.08 Å². The molecule has 0 amide bonds. The Morgan fingerprint density at radius 2 is 2.14 bits per heavy atom. The van der Waals surface area contributed by atoms with Gasteiger partial charge >= 0.3 is 5.97 Å². The van der Waals surface area contributed by atoms with Crippen molar-refractivity contribution in [2.75, 3.05) is 0 Å².